The number of fused-ring (bicyclic) bond motifs is 1. The lowest BCUT2D eigenvalue weighted by Crippen LogP contribution is -2.52. The molecule has 1 aliphatic rings. The molecule has 1 fully saturated rings. The molecule has 3 aromatic rings. The summed E-state index contributed by atoms with van der Waals surface area (Å²) in [6, 6.07) is 19.6. The van der Waals surface area contributed by atoms with Crippen LogP contribution in [0.25, 0.3) is 10.8 Å². The molecule has 1 N–H and O–H groups in total. The summed E-state index contributed by atoms with van der Waals surface area (Å²) in [5, 5.41) is 5.30. The van der Waals surface area contributed by atoms with Crippen LogP contribution >= 0.6 is 15.9 Å². The van der Waals surface area contributed by atoms with Crippen LogP contribution in [0, 0.1) is 6.92 Å². The smallest absolute Gasteiger partial charge is 0.261 e. The number of benzene rings is 3. The van der Waals surface area contributed by atoms with Crippen molar-refractivity contribution in [3.8, 4) is 5.75 Å². The summed E-state index contributed by atoms with van der Waals surface area (Å²) in [5.41, 5.74) is 2.12. The minimum atomic E-state index is -0.549. The second-order valence-corrected chi connectivity index (χ2v) is 10.1. The minimum absolute atomic E-state index is 0.0766. The number of aryl methyl sites for hydroxylation is 1. The third-order valence-electron chi connectivity index (χ3n) is 6.70. The van der Waals surface area contributed by atoms with Crippen LogP contribution in [0.5, 0.6) is 5.75 Å². The van der Waals surface area contributed by atoms with Crippen molar-refractivity contribution in [1.82, 2.24) is 10.2 Å². The molecule has 0 bridgehead atoms. The van der Waals surface area contributed by atoms with Crippen molar-refractivity contribution in [3.63, 3.8) is 0 Å². The maximum Gasteiger partial charge on any atom is 0.261 e. The van der Waals surface area contributed by atoms with Crippen molar-refractivity contribution >= 4 is 38.5 Å². The van der Waals surface area contributed by atoms with Gasteiger partial charge in [-0.1, -0.05) is 79.9 Å². The Morgan fingerprint density at radius 1 is 1.09 bits per heavy atom. The molecule has 1 saturated carbocycles. The molecular weight excluding hydrogens is 504 g/mol. The Morgan fingerprint density at radius 2 is 1.86 bits per heavy atom. The fourth-order valence-electron chi connectivity index (χ4n) is 4.84. The summed E-state index contributed by atoms with van der Waals surface area (Å²) in [4.78, 5) is 28.5. The number of carbonyl (C=O) groups is 2. The van der Waals surface area contributed by atoms with Crippen molar-refractivity contribution in [2.24, 2.45) is 0 Å². The van der Waals surface area contributed by atoms with Gasteiger partial charge in [-0.05, 0) is 64.5 Å². The van der Waals surface area contributed by atoms with Gasteiger partial charge in [0, 0.05) is 12.6 Å². The van der Waals surface area contributed by atoms with Gasteiger partial charge in [0.15, 0.2) is 6.61 Å². The summed E-state index contributed by atoms with van der Waals surface area (Å²) in [7, 11) is 0. The predicted octanol–water partition coefficient (Wildman–Crippen LogP) is 6.16. The van der Waals surface area contributed by atoms with E-state index in [1.807, 2.05) is 68.4 Å². The summed E-state index contributed by atoms with van der Waals surface area (Å²) in [6.45, 7) is 4.20. The average molecular weight is 537 g/mol. The van der Waals surface area contributed by atoms with Gasteiger partial charge in [0.1, 0.15) is 11.8 Å². The van der Waals surface area contributed by atoms with E-state index in [1.165, 1.54) is 0 Å². The number of hydrogen-bond acceptors (Lipinski definition) is 3. The van der Waals surface area contributed by atoms with Crippen LogP contribution in [0.2, 0.25) is 0 Å². The molecule has 0 saturated heterocycles. The highest BCUT2D eigenvalue weighted by Gasteiger charge is 2.31. The summed E-state index contributed by atoms with van der Waals surface area (Å²) in [6.07, 6.45) is 4.83. The molecule has 35 heavy (non-hydrogen) atoms. The van der Waals surface area contributed by atoms with Crippen LogP contribution in [-0.4, -0.2) is 35.4 Å². The van der Waals surface area contributed by atoms with Gasteiger partial charge in [0.2, 0.25) is 5.91 Å². The van der Waals surface area contributed by atoms with Crippen molar-refractivity contribution in [1.29, 1.82) is 0 Å². The Morgan fingerprint density at radius 3 is 2.60 bits per heavy atom. The number of hydrogen-bond donors (Lipinski definition) is 1. The molecule has 0 heterocycles. The van der Waals surface area contributed by atoms with Gasteiger partial charge >= 0.3 is 0 Å². The first-order chi connectivity index (χ1) is 17.0. The molecule has 5 nitrogen and oxygen atoms in total. The normalized spacial score (nSPS) is 14.6. The fraction of sp³-hybridized carbons (Fsp3) is 0.379. The quantitative estimate of drug-likeness (QED) is 0.356. The first kappa shape index (κ1) is 25.2. The number of nitrogens with one attached hydrogen (secondary N) is 1. The van der Waals surface area contributed by atoms with Crippen LogP contribution in [0.15, 0.2) is 65.1 Å². The SMILES string of the molecule is CC[C@H](C(=O)NC1CCCC1)N(Cc1cccc(C)c1)C(=O)COc1ccc2ccccc2c1Br. The number of amides is 2. The molecule has 0 unspecified atom stereocenters. The van der Waals surface area contributed by atoms with E-state index in [-0.39, 0.29) is 24.5 Å². The summed E-state index contributed by atoms with van der Waals surface area (Å²) in [5.74, 6) is 0.322. The zero-order valence-corrected chi connectivity index (χ0v) is 22.0. The van der Waals surface area contributed by atoms with Crippen LogP contribution in [0.4, 0.5) is 0 Å². The Bertz CT molecular complexity index is 1190. The van der Waals surface area contributed by atoms with Gasteiger partial charge in [-0.3, -0.25) is 9.59 Å². The topological polar surface area (TPSA) is 58.6 Å². The zero-order valence-electron chi connectivity index (χ0n) is 20.4. The average Bonchev–Trinajstić information content (AvgIpc) is 3.36. The van der Waals surface area contributed by atoms with E-state index in [0.29, 0.717) is 18.7 Å². The van der Waals surface area contributed by atoms with Gasteiger partial charge in [0.05, 0.1) is 4.47 Å². The van der Waals surface area contributed by atoms with Gasteiger partial charge in [0.25, 0.3) is 5.91 Å². The standard InChI is InChI=1S/C29H33BrN2O3/c1-3-25(29(34)31-23-12-5-6-13-23)32(18-21-10-8-9-20(2)17-21)27(33)19-35-26-16-15-22-11-4-7-14-24(22)28(26)30/h4,7-11,14-17,23,25H,3,5-6,12-13,18-19H2,1-2H3,(H,31,34)/t25-/m1/s1. The van der Waals surface area contributed by atoms with E-state index in [1.54, 1.807) is 4.90 Å². The monoisotopic (exact) mass is 536 g/mol. The van der Waals surface area contributed by atoms with Crippen LogP contribution in [0.1, 0.15) is 50.2 Å². The lowest BCUT2D eigenvalue weighted by atomic mass is 10.1. The minimum Gasteiger partial charge on any atom is -0.483 e. The van der Waals surface area contributed by atoms with Crippen LogP contribution in [-0.2, 0) is 16.1 Å². The first-order valence-corrected chi connectivity index (χ1v) is 13.2. The number of halogens is 1. The molecular formula is C29H33BrN2O3. The van der Waals surface area contributed by atoms with Crippen LogP contribution in [0.3, 0.4) is 0 Å². The molecule has 6 heteroatoms. The van der Waals surface area contributed by atoms with Crippen molar-refractivity contribution in [2.75, 3.05) is 6.61 Å². The van der Waals surface area contributed by atoms with Gasteiger partial charge in [-0.15, -0.1) is 0 Å². The maximum atomic E-state index is 13.5. The third-order valence-corrected chi connectivity index (χ3v) is 7.52. The lowest BCUT2D eigenvalue weighted by Gasteiger charge is -2.31. The summed E-state index contributed by atoms with van der Waals surface area (Å²) < 4.78 is 6.81. The molecule has 0 spiro atoms. The number of carbonyl (C=O) groups excluding carboxylic acids is 2. The molecule has 0 radical (unpaired) electrons. The second-order valence-electron chi connectivity index (χ2n) is 9.31. The zero-order chi connectivity index (χ0) is 24.8. The van der Waals surface area contributed by atoms with E-state index in [4.69, 9.17) is 4.74 Å². The molecule has 2 amide bonds. The first-order valence-electron chi connectivity index (χ1n) is 12.4. The fourth-order valence-corrected chi connectivity index (χ4v) is 5.45. The summed E-state index contributed by atoms with van der Waals surface area (Å²) >= 11 is 3.63. The maximum absolute atomic E-state index is 13.5. The number of nitrogens with zero attached hydrogens (tertiary/aromatic N) is 1. The Balaban J connectivity index is 1.53. The third kappa shape index (κ3) is 6.23. The van der Waals surface area contributed by atoms with Crippen molar-refractivity contribution < 1.29 is 14.3 Å². The van der Waals surface area contributed by atoms with Gasteiger partial charge in [-0.25, -0.2) is 0 Å². The van der Waals surface area contributed by atoms with Gasteiger partial charge in [-0.2, -0.15) is 0 Å². The highest BCUT2D eigenvalue weighted by Crippen LogP contribution is 2.33. The number of ether oxygens (including phenoxy) is 1. The van der Waals surface area contributed by atoms with Crippen molar-refractivity contribution in [3.05, 3.63) is 76.3 Å². The Kier molecular flexibility index (Phi) is 8.45. The molecule has 184 valence electrons. The second kappa shape index (κ2) is 11.7. The Hall–Kier alpha value is -2.86. The highest BCUT2D eigenvalue weighted by molar-refractivity contribution is 9.10. The molecule has 0 aromatic heterocycles. The lowest BCUT2D eigenvalue weighted by molar-refractivity contribution is -0.143. The molecule has 1 aliphatic carbocycles. The largest absolute Gasteiger partial charge is 0.483 e. The van der Waals surface area contributed by atoms with Crippen molar-refractivity contribution in [2.45, 2.75) is 64.6 Å². The number of rotatable bonds is 9. The molecule has 1 atom stereocenters. The molecule has 0 aliphatic heterocycles. The Labute approximate surface area is 216 Å². The van der Waals surface area contributed by atoms with E-state index in [9.17, 15) is 9.59 Å². The van der Waals surface area contributed by atoms with Gasteiger partial charge < -0.3 is 15.0 Å². The highest BCUT2D eigenvalue weighted by atomic mass is 79.9. The van der Waals surface area contributed by atoms with E-state index in [0.717, 1.165) is 52.1 Å². The molecule has 3 aromatic carbocycles. The van der Waals surface area contributed by atoms with E-state index >= 15 is 0 Å². The van der Waals surface area contributed by atoms with E-state index in [2.05, 4.69) is 27.3 Å². The van der Waals surface area contributed by atoms with E-state index < -0.39 is 6.04 Å². The molecule has 4 rings (SSSR count). The van der Waals surface area contributed by atoms with Crippen LogP contribution < -0.4 is 10.1 Å². The predicted molar refractivity (Wildman–Crippen MR) is 143 cm³/mol.